The van der Waals surface area contributed by atoms with Crippen molar-refractivity contribution >= 4 is 11.8 Å². The van der Waals surface area contributed by atoms with Gasteiger partial charge in [0, 0.05) is 38.7 Å². The average Bonchev–Trinajstić information content (AvgIpc) is 3.20. The molecule has 0 bridgehead atoms. The van der Waals surface area contributed by atoms with Gasteiger partial charge < -0.3 is 9.80 Å². The third-order valence-electron chi connectivity index (χ3n) is 5.68. The molecule has 4 rings (SSSR count). The second-order valence-corrected chi connectivity index (χ2v) is 7.89. The number of rotatable bonds is 3. The van der Waals surface area contributed by atoms with Gasteiger partial charge in [-0.25, -0.2) is 9.07 Å². The van der Waals surface area contributed by atoms with Gasteiger partial charge in [-0.15, -0.1) is 0 Å². The molecular weight excluding hydrogens is 395 g/mol. The van der Waals surface area contributed by atoms with Crippen molar-refractivity contribution < 1.29 is 14.0 Å². The zero-order valence-corrected chi connectivity index (χ0v) is 17.9. The van der Waals surface area contributed by atoms with Gasteiger partial charge >= 0.3 is 0 Å². The predicted octanol–water partition coefficient (Wildman–Crippen LogP) is 3.60. The zero-order chi connectivity index (χ0) is 22.1. The minimum atomic E-state index is -0.387. The molecule has 1 saturated heterocycles. The lowest BCUT2D eigenvalue weighted by atomic mass is 10.1. The van der Waals surface area contributed by atoms with Crippen molar-refractivity contribution in [2.75, 3.05) is 26.2 Å². The van der Waals surface area contributed by atoms with Crippen molar-refractivity contribution in [2.24, 2.45) is 0 Å². The molecule has 160 valence electrons. The number of benzene rings is 2. The number of aryl methyl sites for hydroxylation is 2. The highest BCUT2D eigenvalue weighted by Crippen LogP contribution is 2.27. The van der Waals surface area contributed by atoms with Gasteiger partial charge in [0.05, 0.1) is 11.4 Å². The minimum absolute atomic E-state index is 0.00867. The van der Waals surface area contributed by atoms with E-state index in [1.807, 2.05) is 32.0 Å². The minimum Gasteiger partial charge on any atom is -0.339 e. The first-order valence-corrected chi connectivity index (χ1v) is 10.3. The Labute approximate surface area is 180 Å². The molecule has 3 aromatic rings. The number of carbonyl (C=O) groups is 2. The van der Waals surface area contributed by atoms with E-state index in [2.05, 4.69) is 5.10 Å². The molecule has 1 aliphatic heterocycles. The molecule has 7 heteroatoms. The highest BCUT2D eigenvalue weighted by atomic mass is 19.1. The molecule has 0 aliphatic carbocycles. The molecule has 0 radical (unpaired) electrons. The number of halogens is 1. The Morgan fingerprint density at radius 3 is 2.29 bits per heavy atom. The second-order valence-electron chi connectivity index (χ2n) is 7.89. The smallest absolute Gasteiger partial charge is 0.272 e. The van der Waals surface area contributed by atoms with Crippen LogP contribution in [-0.2, 0) is 4.79 Å². The molecule has 0 saturated carbocycles. The number of hydrogen-bond acceptors (Lipinski definition) is 3. The van der Waals surface area contributed by atoms with E-state index >= 15 is 0 Å². The molecule has 0 N–H and O–H groups in total. The summed E-state index contributed by atoms with van der Waals surface area (Å²) in [6.07, 6.45) is 0. The lowest BCUT2D eigenvalue weighted by molar-refractivity contribution is -0.130. The van der Waals surface area contributed by atoms with Gasteiger partial charge in [-0.05, 0) is 49.2 Å². The van der Waals surface area contributed by atoms with Crippen LogP contribution < -0.4 is 0 Å². The monoisotopic (exact) mass is 420 g/mol. The number of aromatic nitrogens is 2. The highest BCUT2D eigenvalue weighted by Gasteiger charge is 2.27. The summed E-state index contributed by atoms with van der Waals surface area (Å²) in [5.41, 5.74) is 3.92. The first-order valence-electron chi connectivity index (χ1n) is 10.3. The molecule has 6 nitrogen and oxygen atoms in total. The molecular formula is C24H25FN4O2. The van der Waals surface area contributed by atoms with Gasteiger partial charge in [0.15, 0.2) is 0 Å². The van der Waals surface area contributed by atoms with Crippen LogP contribution >= 0.6 is 0 Å². The molecule has 1 fully saturated rings. The molecule has 0 spiro atoms. The lowest BCUT2D eigenvalue weighted by Crippen LogP contribution is -2.50. The van der Waals surface area contributed by atoms with Crippen LogP contribution in [0, 0.1) is 19.7 Å². The molecule has 2 heterocycles. The van der Waals surface area contributed by atoms with E-state index in [0.717, 1.165) is 16.8 Å². The molecule has 2 aromatic carbocycles. The maximum atomic E-state index is 14.5. The lowest BCUT2D eigenvalue weighted by Gasteiger charge is -2.34. The summed E-state index contributed by atoms with van der Waals surface area (Å²) in [6.45, 7) is 7.37. The summed E-state index contributed by atoms with van der Waals surface area (Å²) in [6, 6.07) is 14.0. The van der Waals surface area contributed by atoms with Gasteiger partial charge in [0.25, 0.3) is 5.91 Å². The molecule has 31 heavy (non-hydrogen) atoms. The first-order chi connectivity index (χ1) is 14.8. The number of nitrogens with zero attached hydrogens (tertiary/aromatic N) is 4. The van der Waals surface area contributed by atoms with Gasteiger partial charge in [0.1, 0.15) is 11.5 Å². The van der Waals surface area contributed by atoms with E-state index in [4.69, 9.17) is 0 Å². The van der Waals surface area contributed by atoms with Crippen molar-refractivity contribution in [3.8, 4) is 16.9 Å². The Hall–Kier alpha value is -3.48. The summed E-state index contributed by atoms with van der Waals surface area (Å²) >= 11 is 0. The van der Waals surface area contributed by atoms with Crippen molar-refractivity contribution in [3.63, 3.8) is 0 Å². The van der Waals surface area contributed by atoms with E-state index in [1.54, 1.807) is 38.7 Å². The standard InChI is InChI=1S/C24H25FN4O2/c1-16-8-9-17(2)22(14-16)29-23(15-21(26-29)19-6-4-5-7-20(19)25)24(31)28-12-10-27(11-13-28)18(3)30/h4-9,14-15H,10-13H2,1-3H3. The molecule has 0 unspecified atom stereocenters. The molecule has 1 aliphatic rings. The van der Waals surface area contributed by atoms with Crippen LogP contribution in [0.2, 0.25) is 0 Å². The van der Waals surface area contributed by atoms with Gasteiger partial charge in [-0.3, -0.25) is 9.59 Å². The Balaban J connectivity index is 1.77. The number of amides is 2. The third-order valence-corrected chi connectivity index (χ3v) is 5.68. The van der Waals surface area contributed by atoms with Crippen molar-refractivity contribution in [2.45, 2.75) is 20.8 Å². The number of hydrogen-bond donors (Lipinski definition) is 0. The summed E-state index contributed by atoms with van der Waals surface area (Å²) in [5.74, 6) is -0.559. The quantitative estimate of drug-likeness (QED) is 0.651. The van der Waals surface area contributed by atoms with Crippen LogP contribution in [0.4, 0.5) is 4.39 Å². The summed E-state index contributed by atoms with van der Waals surface area (Å²) < 4.78 is 16.1. The molecule has 2 amide bonds. The fourth-order valence-corrected chi connectivity index (χ4v) is 3.85. The van der Waals surface area contributed by atoms with E-state index in [9.17, 15) is 14.0 Å². The predicted molar refractivity (Wildman–Crippen MR) is 117 cm³/mol. The maximum absolute atomic E-state index is 14.5. The van der Waals surface area contributed by atoms with E-state index in [0.29, 0.717) is 43.1 Å². The van der Waals surface area contributed by atoms with Crippen molar-refractivity contribution in [3.05, 3.63) is 71.2 Å². The SMILES string of the molecule is CC(=O)N1CCN(C(=O)c2cc(-c3ccccc3F)nn2-c2cc(C)ccc2C)CC1. The van der Waals surface area contributed by atoms with Crippen LogP contribution in [0.25, 0.3) is 16.9 Å². The Bertz CT molecular complexity index is 1150. The van der Waals surface area contributed by atoms with E-state index < -0.39 is 0 Å². The van der Waals surface area contributed by atoms with Gasteiger partial charge in [-0.1, -0.05) is 24.3 Å². The topological polar surface area (TPSA) is 58.4 Å². The molecule has 0 atom stereocenters. The van der Waals surface area contributed by atoms with Gasteiger partial charge in [-0.2, -0.15) is 5.10 Å². The van der Waals surface area contributed by atoms with Crippen LogP contribution in [0.5, 0.6) is 0 Å². The fourth-order valence-electron chi connectivity index (χ4n) is 3.85. The highest BCUT2D eigenvalue weighted by molar-refractivity contribution is 5.94. The van der Waals surface area contributed by atoms with Crippen LogP contribution in [0.15, 0.2) is 48.5 Å². The number of carbonyl (C=O) groups excluding carboxylic acids is 2. The Kier molecular flexibility index (Phi) is 5.59. The fraction of sp³-hybridized carbons (Fsp3) is 0.292. The van der Waals surface area contributed by atoms with Gasteiger partial charge in [0.2, 0.25) is 5.91 Å². The average molecular weight is 420 g/mol. The van der Waals surface area contributed by atoms with Crippen LogP contribution in [-0.4, -0.2) is 57.6 Å². The first kappa shape index (κ1) is 20.8. The maximum Gasteiger partial charge on any atom is 0.272 e. The summed E-state index contributed by atoms with van der Waals surface area (Å²) in [4.78, 5) is 28.5. The van der Waals surface area contributed by atoms with Crippen molar-refractivity contribution in [1.82, 2.24) is 19.6 Å². The van der Waals surface area contributed by atoms with E-state index in [-0.39, 0.29) is 17.6 Å². The van der Waals surface area contributed by atoms with Crippen molar-refractivity contribution in [1.29, 1.82) is 0 Å². The largest absolute Gasteiger partial charge is 0.339 e. The summed E-state index contributed by atoms with van der Waals surface area (Å²) in [5, 5.41) is 4.64. The molecule has 1 aromatic heterocycles. The van der Waals surface area contributed by atoms with E-state index in [1.165, 1.54) is 13.0 Å². The normalized spacial score (nSPS) is 14.1. The zero-order valence-electron chi connectivity index (χ0n) is 17.9. The van der Waals surface area contributed by atoms with Crippen LogP contribution in [0.1, 0.15) is 28.5 Å². The Morgan fingerprint density at radius 2 is 1.61 bits per heavy atom. The second kappa shape index (κ2) is 8.34. The van der Waals surface area contributed by atoms with Crippen LogP contribution in [0.3, 0.4) is 0 Å². The number of piperazine rings is 1. The Morgan fingerprint density at radius 1 is 0.935 bits per heavy atom. The third kappa shape index (κ3) is 4.08. The summed E-state index contributed by atoms with van der Waals surface area (Å²) in [7, 11) is 0.